The molecule has 4 rings (SSSR count). The molecule has 3 aromatic rings. The summed E-state index contributed by atoms with van der Waals surface area (Å²) in [6.07, 6.45) is 3.51. The van der Waals surface area contributed by atoms with E-state index >= 15 is 0 Å². The van der Waals surface area contributed by atoms with Gasteiger partial charge in [0.25, 0.3) is 5.91 Å². The van der Waals surface area contributed by atoms with Crippen LogP contribution in [0.5, 0.6) is 0 Å². The van der Waals surface area contributed by atoms with Gasteiger partial charge in [-0.3, -0.25) is 9.78 Å². The molecule has 0 saturated carbocycles. The van der Waals surface area contributed by atoms with E-state index in [1.165, 1.54) is 0 Å². The Bertz CT molecular complexity index is 835. The molecule has 7 nitrogen and oxygen atoms in total. The minimum atomic E-state index is 0.110. The molecule has 4 heterocycles. The summed E-state index contributed by atoms with van der Waals surface area (Å²) >= 11 is 1.55. The Morgan fingerprint density at radius 1 is 1.22 bits per heavy atom. The van der Waals surface area contributed by atoms with Gasteiger partial charge in [0.05, 0.1) is 18.0 Å². The highest BCUT2D eigenvalue weighted by molar-refractivity contribution is 7.08. The number of aryl methyl sites for hydroxylation is 1. The van der Waals surface area contributed by atoms with Crippen LogP contribution < -0.4 is 4.90 Å². The number of carbonyl (C=O) groups is 1. The number of thiophene rings is 1. The molecule has 0 unspecified atom stereocenters. The number of fused-ring (bicyclic) bond motifs is 1. The maximum Gasteiger partial charge on any atom is 0.254 e. The fraction of sp³-hybridized carbons (Fsp3) is 0.333. The topological polar surface area (TPSA) is 66.6 Å². The first-order valence-electron chi connectivity index (χ1n) is 7.46. The largest absolute Gasteiger partial charge is 0.352 e. The molecular weight excluding hydrogens is 312 g/mol. The molecular formula is C15H16N6OS. The van der Waals surface area contributed by atoms with Crippen LogP contribution in [-0.2, 0) is 0 Å². The summed E-state index contributed by atoms with van der Waals surface area (Å²) in [6, 6.07) is 1.88. The lowest BCUT2D eigenvalue weighted by molar-refractivity contribution is 0.0747. The van der Waals surface area contributed by atoms with E-state index in [9.17, 15) is 4.79 Å². The van der Waals surface area contributed by atoms with E-state index in [-0.39, 0.29) is 5.91 Å². The molecule has 118 valence electrons. The molecule has 1 fully saturated rings. The van der Waals surface area contributed by atoms with Crippen LogP contribution in [0.2, 0.25) is 0 Å². The number of piperazine rings is 1. The molecule has 1 aliphatic heterocycles. The third-order valence-corrected chi connectivity index (χ3v) is 4.68. The number of carbonyl (C=O) groups excluding carboxylic acids is 1. The Hall–Kier alpha value is -2.48. The quantitative estimate of drug-likeness (QED) is 0.712. The predicted octanol–water partition coefficient (Wildman–Crippen LogP) is 1.46. The molecule has 1 amide bonds. The van der Waals surface area contributed by atoms with Crippen LogP contribution in [0.3, 0.4) is 0 Å². The monoisotopic (exact) mass is 328 g/mol. The van der Waals surface area contributed by atoms with Crippen molar-refractivity contribution in [1.82, 2.24) is 24.5 Å². The molecule has 23 heavy (non-hydrogen) atoms. The van der Waals surface area contributed by atoms with Crippen molar-refractivity contribution in [3.63, 3.8) is 0 Å². The third kappa shape index (κ3) is 2.55. The fourth-order valence-corrected chi connectivity index (χ4v) is 3.46. The zero-order valence-electron chi connectivity index (χ0n) is 12.7. The number of hydrogen-bond donors (Lipinski definition) is 0. The average molecular weight is 328 g/mol. The second-order valence-corrected chi connectivity index (χ2v) is 6.27. The van der Waals surface area contributed by atoms with Crippen LogP contribution in [0.25, 0.3) is 5.65 Å². The molecule has 0 bridgehead atoms. The summed E-state index contributed by atoms with van der Waals surface area (Å²) in [6.45, 7) is 4.77. The van der Waals surface area contributed by atoms with E-state index in [4.69, 9.17) is 0 Å². The van der Waals surface area contributed by atoms with Crippen molar-refractivity contribution >= 4 is 28.7 Å². The van der Waals surface area contributed by atoms with Gasteiger partial charge < -0.3 is 9.80 Å². The molecule has 0 aliphatic carbocycles. The first-order chi connectivity index (χ1) is 11.2. The standard InChI is InChI=1S/C15H16N6OS/c1-11-17-13-8-16-9-14(21(13)18-11)19-3-5-20(6-4-19)15(22)12-2-7-23-10-12/h2,7-10H,3-6H2,1H3. The van der Waals surface area contributed by atoms with Gasteiger partial charge in [0.1, 0.15) is 5.82 Å². The summed E-state index contributed by atoms with van der Waals surface area (Å²) in [7, 11) is 0. The maximum absolute atomic E-state index is 12.4. The minimum Gasteiger partial charge on any atom is -0.352 e. The van der Waals surface area contributed by atoms with Crippen molar-refractivity contribution in [3.05, 3.63) is 40.6 Å². The van der Waals surface area contributed by atoms with Gasteiger partial charge in [-0.25, -0.2) is 4.98 Å². The van der Waals surface area contributed by atoms with E-state index in [0.717, 1.165) is 35.9 Å². The number of amides is 1. The summed E-state index contributed by atoms with van der Waals surface area (Å²) < 4.78 is 1.82. The molecule has 0 spiro atoms. The summed E-state index contributed by atoms with van der Waals surface area (Å²) in [5.74, 6) is 1.76. The summed E-state index contributed by atoms with van der Waals surface area (Å²) in [4.78, 5) is 25.1. The number of nitrogens with zero attached hydrogens (tertiary/aromatic N) is 6. The Balaban J connectivity index is 1.52. The number of anilines is 1. The molecule has 1 aliphatic rings. The lowest BCUT2D eigenvalue weighted by Gasteiger charge is -2.35. The van der Waals surface area contributed by atoms with Crippen LogP contribution >= 0.6 is 11.3 Å². The van der Waals surface area contributed by atoms with Gasteiger partial charge in [0.15, 0.2) is 11.5 Å². The van der Waals surface area contributed by atoms with Crippen molar-refractivity contribution < 1.29 is 4.79 Å². The number of rotatable bonds is 2. The lowest BCUT2D eigenvalue weighted by atomic mass is 10.2. The Morgan fingerprint density at radius 2 is 2.04 bits per heavy atom. The zero-order chi connectivity index (χ0) is 15.8. The molecule has 1 saturated heterocycles. The second kappa shape index (κ2) is 5.62. The van der Waals surface area contributed by atoms with Crippen molar-refractivity contribution in [1.29, 1.82) is 0 Å². The van der Waals surface area contributed by atoms with Crippen LogP contribution in [0, 0.1) is 6.92 Å². The zero-order valence-corrected chi connectivity index (χ0v) is 13.5. The van der Waals surface area contributed by atoms with Gasteiger partial charge in [-0.2, -0.15) is 15.9 Å². The lowest BCUT2D eigenvalue weighted by Crippen LogP contribution is -2.49. The number of hydrogen-bond acceptors (Lipinski definition) is 6. The van der Waals surface area contributed by atoms with Gasteiger partial charge in [0, 0.05) is 31.6 Å². The van der Waals surface area contributed by atoms with Gasteiger partial charge in [-0.05, 0) is 18.4 Å². The summed E-state index contributed by atoms with van der Waals surface area (Å²) in [5.41, 5.74) is 1.52. The van der Waals surface area contributed by atoms with Crippen molar-refractivity contribution in [3.8, 4) is 0 Å². The van der Waals surface area contributed by atoms with Crippen LogP contribution in [0.1, 0.15) is 16.2 Å². The fourth-order valence-electron chi connectivity index (χ4n) is 2.83. The summed E-state index contributed by atoms with van der Waals surface area (Å²) in [5, 5.41) is 8.26. The molecule has 0 radical (unpaired) electrons. The van der Waals surface area contributed by atoms with E-state index in [2.05, 4.69) is 20.0 Å². The molecule has 0 N–H and O–H groups in total. The van der Waals surface area contributed by atoms with E-state index < -0.39 is 0 Å². The predicted molar refractivity (Wildman–Crippen MR) is 88.0 cm³/mol. The van der Waals surface area contributed by atoms with Gasteiger partial charge in [-0.15, -0.1) is 5.10 Å². The Kier molecular flexibility index (Phi) is 3.45. The normalized spacial score (nSPS) is 15.3. The molecule has 0 aromatic carbocycles. The Labute approximate surface area is 137 Å². The molecule has 8 heteroatoms. The SMILES string of the molecule is Cc1nc2cncc(N3CCN(C(=O)c4ccsc4)CC3)n2n1. The van der Waals surface area contributed by atoms with Crippen molar-refractivity contribution in [2.75, 3.05) is 31.1 Å². The smallest absolute Gasteiger partial charge is 0.254 e. The first-order valence-corrected chi connectivity index (χ1v) is 8.40. The number of aromatic nitrogens is 4. The van der Waals surface area contributed by atoms with Crippen LogP contribution in [0.15, 0.2) is 29.2 Å². The van der Waals surface area contributed by atoms with Gasteiger partial charge in [0.2, 0.25) is 0 Å². The van der Waals surface area contributed by atoms with E-state index in [1.807, 2.05) is 33.2 Å². The second-order valence-electron chi connectivity index (χ2n) is 5.49. The Morgan fingerprint density at radius 3 is 2.78 bits per heavy atom. The van der Waals surface area contributed by atoms with Crippen LogP contribution in [0.4, 0.5) is 5.82 Å². The third-order valence-electron chi connectivity index (χ3n) is 3.99. The van der Waals surface area contributed by atoms with Crippen LogP contribution in [-0.4, -0.2) is 56.6 Å². The van der Waals surface area contributed by atoms with Gasteiger partial charge >= 0.3 is 0 Å². The first kappa shape index (κ1) is 14.1. The maximum atomic E-state index is 12.4. The average Bonchev–Trinajstić information content (AvgIpc) is 3.22. The van der Waals surface area contributed by atoms with E-state index in [0.29, 0.717) is 13.1 Å². The van der Waals surface area contributed by atoms with Gasteiger partial charge in [-0.1, -0.05) is 0 Å². The molecule has 3 aromatic heterocycles. The molecule has 0 atom stereocenters. The van der Waals surface area contributed by atoms with E-state index in [1.54, 1.807) is 23.7 Å². The minimum absolute atomic E-state index is 0.110. The highest BCUT2D eigenvalue weighted by atomic mass is 32.1. The van der Waals surface area contributed by atoms with Crippen molar-refractivity contribution in [2.45, 2.75) is 6.92 Å². The van der Waals surface area contributed by atoms with Crippen molar-refractivity contribution in [2.24, 2.45) is 0 Å². The highest BCUT2D eigenvalue weighted by Gasteiger charge is 2.24. The highest BCUT2D eigenvalue weighted by Crippen LogP contribution is 2.18.